The maximum Gasteiger partial charge on any atom is 0.0197 e. The van der Waals surface area contributed by atoms with E-state index in [0.29, 0.717) is 0 Å². The Bertz CT molecular complexity index is 679. The molecule has 2 aromatic carbocycles. The Labute approximate surface area is 139 Å². The van der Waals surface area contributed by atoms with Gasteiger partial charge in [0, 0.05) is 20.8 Å². The average Bonchev–Trinajstić information content (AvgIpc) is 2.51. The first-order valence-electron chi connectivity index (χ1n) is 7.17. The first kappa shape index (κ1) is 14.9. The number of aryl methyl sites for hydroxylation is 1. The van der Waals surface area contributed by atoms with Gasteiger partial charge in [0.1, 0.15) is 0 Å². The molecule has 0 aromatic heterocycles. The summed E-state index contributed by atoms with van der Waals surface area (Å²) in [7, 11) is 0. The van der Waals surface area contributed by atoms with E-state index in [-0.39, 0.29) is 0 Å². The lowest BCUT2D eigenvalue weighted by atomic mass is 10.0. The Kier molecular flexibility index (Phi) is 4.84. The fourth-order valence-corrected chi connectivity index (χ4v) is 4.06. The third-order valence-electron chi connectivity index (χ3n) is 3.65. The SMILES string of the molecule is Cc1cc(Br)ccc1Sc1ccccc1C1=CCNCC1. The molecular weight excluding hydrogens is 342 g/mol. The lowest BCUT2D eigenvalue weighted by Crippen LogP contribution is -2.20. The Morgan fingerprint density at radius 1 is 1.10 bits per heavy atom. The van der Waals surface area contributed by atoms with Gasteiger partial charge in [0.2, 0.25) is 0 Å². The predicted molar refractivity (Wildman–Crippen MR) is 94.9 cm³/mol. The van der Waals surface area contributed by atoms with E-state index in [4.69, 9.17) is 0 Å². The second kappa shape index (κ2) is 6.82. The number of halogens is 1. The summed E-state index contributed by atoms with van der Waals surface area (Å²) in [6, 6.07) is 15.2. The molecule has 1 N–H and O–H groups in total. The van der Waals surface area contributed by atoms with Crippen molar-refractivity contribution in [1.29, 1.82) is 0 Å². The van der Waals surface area contributed by atoms with Gasteiger partial charge in [-0.2, -0.15) is 0 Å². The molecule has 0 atom stereocenters. The molecule has 2 aromatic rings. The van der Waals surface area contributed by atoms with Crippen molar-refractivity contribution in [3.63, 3.8) is 0 Å². The van der Waals surface area contributed by atoms with Gasteiger partial charge in [-0.3, -0.25) is 0 Å². The van der Waals surface area contributed by atoms with Crippen LogP contribution >= 0.6 is 27.7 Å². The van der Waals surface area contributed by atoms with E-state index in [9.17, 15) is 0 Å². The smallest absolute Gasteiger partial charge is 0.0197 e. The Hall–Kier alpha value is -1.03. The summed E-state index contributed by atoms with van der Waals surface area (Å²) in [5.74, 6) is 0. The first-order valence-corrected chi connectivity index (χ1v) is 8.78. The highest BCUT2D eigenvalue weighted by Crippen LogP contribution is 2.37. The van der Waals surface area contributed by atoms with Crippen molar-refractivity contribution in [2.45, 2.75) is 23.1 Å². The van der Waals surface area contributed by atoms with Crippen molar-refractivity contribution in [1.82, 2.24) is 5.32 Å². The highest BCUT2D eigenvalue weighted by Gasteiger charge is 2.11. The van der Waals surface area contributed by atoms with E-state index in [1.54, 1.807) is 0 Å². The minimum absolute atomic E-state index is 0.978. The zero-order chi connectivity index (χ0) is 14.7. The third-order valence-corrected chi connectivity index (χ3v) is 5.40. The van der Waals surface area contributed by atoms with Crippen LogP contribution in [0.15, 0.2) is 62.8 Å². The minimum Gasteiger partial charge on any atom is -0.313 e. The van der Waals surface area contributed by atoms with Crippen LogP contribution in [-0.4, -0.2) is 13.1 Å². The van der Waals surface area contributed by atoms with Crippen LogP contribution in [0.1, 0.15) is 17.5 Å². The van der Waals surface area contributed by atoms with Gasteiger partial charge in [0.05, 0.1) is 0 Å². The van der Waals surface area contributed by atoms with Crippen LogP contribution in [0.2, 0.25) is 0 Å². The van der Waals surface area contributed by atoms with Crippen molar-refractivity contribution < 1.29 is 0 Å². The van der Waals surface area contributed by atoms with Crippen LogP contribution in [0.25, 0.3) is 5.57 Å². The van der Waals surface area contributed by atoms with E-state index in [1.807, 2.05) is 11.8 Å². The number of rotatable bonds is 3. The third kappa shape index (κ3) is 3.60. The van der Waals surface area contributed by atoms with E-state index in [0.717, 1.165) is 24.0 Å². The maximum absolute atomic E-state index is 3.53. The zero-order valence-corrected chi connectivity index (χ0v) is 14.4. The van der Waals surface area contributed by atoms with Crippen molar-refractivity contribution in [3.05, 3.63) is 64.1 Å². The van der Waals surface area contributed by atoms with Gasteiger partial charge in [-0.15, -0.1) is 0 Å². The second-order valence-electron chi connectivity index (χ2n) is 5.19. The molecule has 1 nitrogen and oxygen atoms in total. The van der Waals surface area contributed by atoms with Gasteiger partial charge >= 0.3 is 0 Å². The molecule has 0 aliphatic carbocycles. The number of benzene rings is 2. The standard InChI is InChI=1S/C18H18BrNS/c1-13-12-15(19)6-7-17(13)21-18-5-3-2-4-16(18)14-8-10-20-11-9-14/h2-8,12,20H,9-11H2,1H3. The molecular formula is C18H18BrNS. The van der Waals surface area contributed by atoms with Crippen molar-refractivity contribution >= 4 is 33.3 Å². The quantitative estimate of drug-likeness (QED) is 0.799. The lowest BCUT2D eigenvalue weighted by Gasteiger charge is -2.17. The fourth-order valence-electron chi connectivity index (χ4n) is 2.53. The molecule has 3 heteroatoms. The van der Waals surface area contributed by atoms with Crippen LogP contribution in [0.4, 0.5) is 0 Å². The molecule has 3 rings (SSSR count). The molecule has 0 spiro atoms. The molecule has 1 aliphatic rings. The summed E-state index contributed by atoms with van der Waals surface area (Å²) in [6.45, 7) is 4.22. The van der Waals surface area contributed by atoms with Gasteiger partial charge in [0.25, 0.3) is 0 Å². The summed E-state index contributed by atoms with van der Waals surface area (Å²) >= 11 is 5.39. The van der Waals surface area contributed by atoms with E-state index in [2.05, 4.69) is 76.7 Å². The lowest BCUT2D eigenvalue weighted by molar-refractivity contribution is 0.737. The van der Waals surface area contributed by atoms with Gasteiger partial charge in [0.15, 0.2) is 0 Å². The monoisotopic (exact) mass is 359 g/mol. The largest absolute Gasteiger partial charge is 0.313 e. The molecule has 0 radical (unpaired) electrons. The number of hydrogen-bond donors (Lipinski definition) is 1. The summed E-state index contributed by atoms with van der Waals surface area (Å²) in [5.41, 5.74) is 4.15. The van der Waals surface area contributed by atoms with Gasteiger partial charge in [-0.25, -0.2) is 0 Å². The van der Waals surface area contributed by atoms with E-state index >= 15 is 0 Å². The maximum atomic E-state index is 3.53. The van der Waals surface area contributed by atoms with Crippen LogP contribution in [0.3, 0.4) is 0 Å². The fraction of sp³-hybridized carbons (Fsp3) is 0.222. The second-order valence-corrected chi connectivity index (χ2v) is 7.19. The molecule has 0 bridgehead atoms. The van der Waals surface area contributed by atoms with E-state index in [1.165, 1.54) is 26.5 Å². The predicted octanol–water partition coefficient (Wildman–Crippen LogP) is 5.29. The zero-order valence-electron chi connectivity index (χ0n) is 12.0. The van der Waals surface area contributed by atoms with Crippen LogP contribution in [0, 0.1) is 6.92 Å². The van der Waals surface area contributed by atoms with Crippen LogP contribution in [0.5, 0.6) is 0 Å². The van der Waals surface area contributed by atoms with Crippen LogP contribution < -0.4 is 5.32 Å². The van der Waals surface area contributed by atoms with Crippen molar-refractivity contribution in [2.24, 2.45) is 0 Å². The normalized spacial score (nSPS) is 14.9. The molecule has 0 saturated heterocycles. The molecule has 0 saturated carbocycles. The van der Waals surface area contributed by atoms with Gasteiger partial charge in [-0.05, 0) is 60.9 Å². The number of nitrogens with one attached hydrogen (secondary N) is 1. The topological polar surface area (TPSA) is 12.0 Å². The minimum atomic E-state index is 0.978. The highest BCUT2D eigenvalue weighted by atomic mass is 79.9. The Morgan fingerprint density at radius 3 is 2.71 bits per heavy atom. The molecule has 0 fully saturated rings. The van der Waals surface area contributed by atoms with Crippen LogP contribution in [-0.2, 0) is 0 Å². The number of hydrogen-bond acceptors (Lipinski definition) is 2. The average molecular weight is 360 g/mol. The summed E-state index contributed by atoms with van der Waals surface area (Å²) in [5, 5.41) is 3.38. The van der Waals surface area contributed by atoms with E-state index < -0.39 is 0 Å². The molecule has 0 amide bonds. The van der Waals surface area contributed by atoms with Gasteiger partial charge in [-0.1, -0.05) is 52.0 Å². The molecule has 108 valence electrons. The Balaban J connectivity index is 1.93. The first-order chi connectivity index (χ1) is 10.2. The van der Waals surface area contributed by atoms with Gasteiger partial charge < -0.3 is 5.32 Å². The molecule has 1 aliphatic heterocycles. The molecule has 21 heavy (non-hydrogen) atoms. The van der Waals surface area contributed by atoms with Crippen molar-refractivity contribution in [2.75, 3.05) is 13.1 Å². The summed E-state index contributed by atoms with van der Waals surface area (Å²) in [4.78, 5) is 2.66. The highest BCUT2D eigenvalue weighted by molar-refractivity contribution is 9.10. The summed E-state index contributed by atoms with van der Waals surface area (Å²) in [6.07, 6.45) is 3.42. The van der Waals surface area contributed by atoms with Crippen molar-refractivity contribution in [3.8, 4) is 0 Å². The molecule has 1 heterocycles. The summed E-state index contributed by atoms with van der Waals surface area (Å²) < 4.78 is 1.14. The molecule has 0 unspecified atom stereocenters. The Morgan fingerprint density at radius 2 is 1.95 bits per heavy atom.